The van der Waals surface area contributed by atoms with Crippen LogP contribution in [0.1, 0.15) is 6.92 Å². The zero-order chi connectivity index (χ0) is 12.4. The number of H-pyrrole nitrogens is 1. The highest BCUT2D eigenvalue weighted by atomic mass is 16.4. The van der Waals surface area contributed by atoms with Gasteiger partial charge in [0.25, 0.3) is 5.97 Å². The number of nitrogens with zero attached hydrogens (tertiary/aromatic N) is 1. The molecular weight excluding hydrogens is 220 g/mol. The van der Waals surface area contributed by atoms with Gasteiger partial charge in [0.05, 0.1) is 11.3 Å². The lowest BCUT2D eigenvalue weighted by Gasteiger charge is -2.01. The SMILES string of the molecule is CC(=O)O.O=C1C=CC=C2N=c3[nH]ccc3=C12. The van der Waals surface area contributed by atoms with E-state index in [0.29, 0.717) is 0 Å². The Balaban J connectivity index is 0.000000239. The van der Waals surface area contributed by atoms with Gasteiger partial charge in [0.2, 0.25) is 0 Å². The standard InChI is InChI=1S/C10H6N2O.C2H4O2/c13-8-3-1-2-7-9(8)6-4-5-11-10(6)12-7;1-2(3)4/h1-5H,(H,11,12);1H3,(H,3,4). The van der Waals surface area contributed by atoms with Crippen LogP contribution in [-0.2, 0) is 9.59 Å². The van der Waals surface area contributed by atoms with Crippen LogP contribution < -0.4 is 10.7 Å². The third-order valence-electron chi connectivity index (χ3n) is 2.23. The summed E-state index contributed by atoms with van der Waals surface area (Å²) in [5.74, 6) is -0.792. The molecule has 0 saturated heterocycles. The Labute approximate surface area is 96.5 Å². The van der Waals surface area contributed by atoms with Gasteiger partial charge in [-0.1, -0.05) is 6.08 Å². The molecule has 86 valence electrons. The van der Waals surface area contributed by atoms with Crippen molar-refractivity contribution in [3.05, 3.63) is 46.9 Å². The van der Waals surface area contributed by atoms with Crippen molar-refractivity contribution in [2.45, 2.75) is 6.92 Å². The molecule has 1 aromatic heterocycles. The number of fused-ring (bicyclic) bond motifs is 2. The van der Waals surface area contributed by atoms with Crippen molar-refractivity contribution in [2.24, 2.45) is 4.99 Å². The van der Waals surface area contributed by atoms with Crippen LogP contribution in [0.5, 0.6) is 0 Å². The second kappa shape index (κ2) is 4.21. The van der Waals surface area contributed by atoms with Crippen molar-refractivity contribution in [2.75, 3.05) is 0 Å². The van der Waals surface area contributed by atoms with E-state index in [4.69, 9.17) is 9.90 Å². The molecule has 5 nitrogen and oxygen atoms in total. The summed E-state index contributed by atoms with van der Waals surface area (Å²) in [4.78, 5) is 27.8. The van der Waals surface area contributed by atoms with Crippen molar-refractivity contribution >= 4 is 17.3 Å². The van der Waals surface area contributed by atoms with Gasteiger partial charge in [0, 0.05) is 18.3 Å². The Morgan fingerprint density at radius 1 is 1.47 bits per heavy atom. The summed E-state index contributed by atoms with van der Waals surface area (Å²) < 4.78 is 0. The fourth-order valence-corrected chi connectivity index (χ4v) is 1.66. The number of carboxylic acids is 1. The fourth-order valence-electron chi connectivity index (χ4n) is 1.66. The zero-order valence-corrected chi connectivity index (χ0v) is 9.10. The van der Waals surface area contributed by atoms with Crippen molar-refractivity contribution < 1.29 is 14.7 Å². The van der Waals surface area contributed by atoms with E-state index in [1.165, 1.54) is 0 Å². The average molecular weight is 230 g/mol. The van der Waals surface area contributed by atoms with E-state index in [0.717, 1.165) is 28.9 Å². The highest BCUT2D eigenvalue weighted by Crippen LogP contribution is 2.18. The number of aromatic amines is 1. The largest absolute Gasteiger partial charge is 0.481 e. The molecule has 0 radical (unpaired) electrons. The minimum absolute atomic E-state index is 0.0413. The van der Waals surface area contributed by atoms with Crippen LogP contribution in [0, 0.1) is 0 Å². The minimum atomic E-state index is -0.833. The first kappa shape index (κ1) is 11.1. The molecule has 2 aliphatic rings. The lowest BCUT2D eigenvalue weighted by Crippen LogP contribution is -2.22. The smallest absolute Gasteiger partial charge is 0.300 e. The maximum atomic E-state index is 11.5. The highest BCUT2D eigenvalue weighted by Gasteiger charge is 2.20. The van der Waals surface area contributed by atoms with Crippen LogP contribution in [0.15, 0.2) is 41.2 Å². The molecule has 1 aliphatic carbocycles. The maximum Gasteiger partial charge on any atom is 0.300 e. The Morgan fingerprint density at radius 3 is 2.88 bits per heavy atom. The van der Waals surface area contributed by atoms with Gasteiger partial charge in [-0.05, 0) is 18.2 Å². The number of aromatic nitrogens is 1. The number of hydrogen-bond donors (Lipinski definition) is 2. The highest BCUT2D eigenvalue weighted by molar-refractivity contribution is 6.27. The third-order valence-corrected chi connectivity index (χ3v) is 2.23. The Kier molecular flexibility index (Phi) is 2.74. The Bertz CT molecular complexity index is 658. The second-order valence-electron chi connectivity index (χ2n) is 3.52. The van der Waals surface area contributed by atoms with Crippen molar-refractivity contribution in [1.82, 2.24) is 4.98 Å². The summed E-state index contributed by atoms with van der Waals surface area (Å²) in [6.07, 6.45) is 6.95. The Hall–Kier alpha value is -2.43. The van der Waals surface area contributed by atoms with E-state index in [9.17, 15) is 4.79 Å². The molecule has 5 heteroatoms. The molecule has 0 unspecified atom stereocenters. The minimum Gasteiger partial charge on any atom is -0.481 e. The van der Waals surface area contributed by atoms with Crippen molar-refractivity contribution in [3.8, 4) is 0 Å². The molecular formula is C12H10N2O3. The topological polar surface area (TPSA) is 82.5 Å². The molecule has 1 aromatic rings. The molecule has 2 heterocycles. The number of carboxylic acid groups (broad SMARTS) is 1. The molecule has 1 aliphatic heterocycles. The number of hydrogen-bond acceptors (Lipinski definition) is 3. The van der Waals surface area contributed by atoms with Gasteiger partial charge in [-0.2, -0.15) is 0 Å². The van der Waals surface area contributed by atoms with E-state index < -0.39 is 5.97 Å². The quantitative estimate of drug-likeness (QED) is 0.653. The van der Waals surface area contributed by atoms with Crippen LogP contribution in [0.4, 0.5) is 0 Å². The number of nitrogens with one attached hydrogen (secondary N) is 1. The van der Waals surface area contributed by atoms with Crippen LogP contribution in [-0.4, -0.2) is 21.8 Å². The predicted molar refractivity (Wildman–Crippen MR) is 60.5 cm³/mol. The molecule has 0 atom stereocenters. The van der Waals surface area contributed by atoms with E-state index >= 15 is 0 Å². The molecule has 17 heavy (non-hydrogen) atoms. The molecule has 0 aromatic carbocycles. The van der Waals surface area contributed by atoms with Crippen LogP contribution in [0.3, 0.4) is 0 Å². The predicted octanol–water partition coefficient (Wildman–Crippen LogP) is -0.0877. The van der Waals surface area contributed by atoms with Gasteiger partial charge in [0.1, 0.15) is 5.49 Å². The van der Waals surface area contributed by atoms with E-state index in [1.54, 1.807) is 18.3 Å². The van der Waals surface area contributed by atoms with Gasteiger partial charge in [0.15, 0.2) is 5.78 Å². The first-order valence-electron chi connectivity index (χ1n) is 4.98. The van der Waals surface area contributed by atoms with Gasteiger partial charge in [-0.3, -0.25) is 9.59 Å². The fraction of sp³-hybridized carbons (Fsp3) is 0.0833. The van der Waals surface area contributed by atoms with Gasteiger partial charge in [-0.15, -0.1) is 0 Å². The van der Waals surface area contributed by atoms with E-state index in [2.05, 4.69) is 9.98 Å². The summed E-state index contributed by atoms with van der Waals surface area (Å²) in [6.45, 7) is 1.08. The number of carbonyl (C=O) groups excluding carboxylic acids is 1. The number of carbonyl (C=O) groups is 2. The van der Waals surface area contributed by atoms with Gasteiger partial charge >= 0.3 is 0 Å². The summed E-state index contributed by atoms with van der Waals surface area (Å²) >= 11 is 0. The van der Waals surface area contributed by atoms with Gasteiger partial charge in [-0.25, -0.2) is 4.99 Å². The first-order valence-corrected chi connectivity index (χ1v) is 4.98. The molecule has 3 rings (SSSR count). The van der Waals surface area contributed by atoms with E-state index in [1.807, 2.05) is 12.1 Å². The van der Waals surface area contributed by atoms with Crippen LogP contribution >= 0.6 is 0 Å². The summed E-state index contributed by atoms with van der Waals surface area (Å²) in [5, 5.41) is 8.33. The third kappa shape index (κ3) is 2.08. The maximum absolute atomic E-state index is 11.5. The zero-order valence-electron chi connectivity index (χ0n) is 9.10. The molecule has 2 N–H and O–H groups in total. The molecule has 0 bridgehead atoms. The number of aliphatic carboxylic acids is 1. The summed E-state index contributed by atoms with van der Waals surface area (Å²) in [7, 11) is 0. The van der Waals surface area contributed by atoms with Crippen LogP contribution in [0.25, 0.3) is 5.57 Å². The summed E-state index contributed by atoms with van der Waals surface area (Å²) in [6, 6.07) is 1.88. The lowest BCUT2D eigenvalue weighted by molar-refractivity contribution is -0.134. The molecule has 0 saturated carbocycles. The van der Waals surface area contributed by atoms with Gasteiger partial charge < -0.3 is 10.1 Å². The molecule has 0 amide bonds. The molecule has 0 spiro atoms. The monoisotopic (exact) mass is 230 g/mol. The summed E-state index contributed by atoms with van der Waals surface area (Å²) in [5.41, 5.74) is 2.28. The number of ketones is 1. The second-order valence-corrected chi connectivity index (χ2v) is 3.52. The molecule has 0 fully saturated rings. The number of allylic oxidation sites excluding steroid dienone is 4. The first-order chi connectivity index (χ1) is 8.09. The van der Waals surface area contributed by atoms with E-state index in [-0.39, 0.29) is 5.78 Å². The lowest BCUT2D eigenvalue weighted by atomic mass is 10.0. The average Bonchev–Trinajstić information content (AvgIpc) is 2.75. The number of rotatable bonds is 0. The Morgan fingerprint density at radius 2 is 2.18 bits per heavy atom. The van der Waals surface area contributed by atoms with Crippen molar-refractivity contribution in [3.63, 3.8) is 0 Å². The van der Waals surface area contributed by atoms with Crippen LogP contribution in [0.2, 0.25) is 0 Å². The van der Waals surface area contributed by atoms with Crippen molar-refractivity contribution in [1.29, 1.82) is 0 Å². The normalized spacial score (nSPS) is 15.2.